The minimum Gasteiger partial charge on any atom is -0.497 e. The summed E-state index contributed by atoms with van der Waals surface area (Å²) in [5.74, 6) is 0.800. The summed E-state index contributed by atoms with van der Waals surface area (Å²) in [5.41, 5.74) is 4.80. The van der Waals surface area contributed by atoms with E-state index in [0.29, 0.717) is 18.0 Å². The molecule has 0 aliphatic carbocycles. The van der Waals surface area contributed by atoms with Crippen LogP contribution in [0.5, 0.6) is 5.75 Å². The van der Waals surface area contributed by atoms with E-state index in [1.165, 1.54) is 11.1 Å². The topological polar surface area (TPSA) is 49.9 Å². The molecule has 5 nitrogen and oxygen atoms in total. The maximum atomic E-state index is 13.3. The minimum atomic E-state index is -3.49. The molecule has 0 spiro atoms. The lowest BCUT2D eigenvalue weighted by Gasteiger charge is -2.33. The van der Waals surface area contributed by atoms with E-state index in [9.17, 15) is 8.42 Å². The van der Waals surface area contributed by atoms with E-state index < -0.39 is 10.0 Å². The van der Waals surface area contributed by atoms with Gasteiger partial charge in [0.2, 0.25) is 10.0 Å². The van der Waals surface area contributed by atoms with Crippen LogP contribution in [0, 0.1) is 0 Å². The Morgan fingerprint density at radius 1 is 0.844 bits per heavy atom. The zero-order valence-corrected chi connectivity index (χ0v) is 19.1. The van der Waals surface area contributed by atoms with E-state index in [2.05, 4.69) is 29.2 Å². The number of hydrogen-bond donors (Lipinski definition) is 0. The molecule has 32 heavy (non-hydrogen) atoms. The van der Waals surface area contributed by atoms with E-state index >= 15 is 0 Å². The molecule has 1 unspecified atom stereocenters. The molecular weight excluding hydrogens is 420 g/mol. The summed E-state index contributed by atoms with van der Waals surface area (Å²) in [5, 5.41) is 0. The second kappa shape index (κ2) is 8.70. The average Bonchev–Trinajstić information content (AvgIpc) is 3.35. The molecule has 0 radical (unpaired) electrons. The number of nitrogens with zero attached hydrogens (tertiary/aromatic N) is 2. The van der Waals surface area contributed by atoms with Crippen LogP contribution in [0.15, 0.2) is 77.7 Å². The number of fused-ring (bicyclic) bond motifs is 1. The minimum absolute atomic E-state index is 0.275. The Morgan fingerprint density at radius 2 is 1.50 bits per heavy atom. The van der Waals surface area contributed by atoms with Crippen molar-refractivity contribution in [1.29, 1.82) is 0 Å². The van der Waals surface area contributed by atoms with Crippen molar-refractivity contribution in [3.8, 4) is 16.9 Å². The van der Waals surface area contributed by atoms with Crippen molar-refractivity contribution in [3.05, 3.63) is 83.9 Å². The largest absolute Gasteiger partial charge is 0.497 e. The van der Waals surface area contributed by atoms with E-state index in [1.807, 2.05) is 36.4 Å². The van der Waals surface area contributed by atoms with Crippen LogP contribution in [0.2, 0.25) is 0 Å². The summed E-state index contributed by atoms with van der Waals surface area (Å²) in [6, 6.07) is 23.8. The lowest BCUT2D eigenvalue weighted by atomic mass is 9.98. The highest BCUT2D eigenvalue weighted by molar-refractivity contribution is 7.89. The molecule has 0 bridgehead atoms. The number of hydrogen-bond acceptors (Lipinski definition) is 4. The van der Waals surface area contributed by atoms with Gasteiger partial charge in [-0.25, -0.2) is 8.42 Å². The third-order valence-electron chi connectivity index (χ3n) is 6.72. The van der Waals surface area contributed by atoms with Crippen molar-refractivity contribution < 1.29 is 13.2 Å². The van der Waals surface area contributed by atoms with Gasteiger partial charge in [-0.1, -0.05) is 48.5 Å². The number of methoxy groups -OCH3 is 1. The van der Waals surface area contributed by atoms with Crippen LogP contribution in [0.25, 0.3) is 11.1 Å². The van der Waals surface area contributed by atoms with Gasteiger partial charge in [-0.05, 0) is 59.4 Å². The maximum Gasteiger partial charge on any atom is 0.243 e. The van der Waals surface area contributed by atoms with Crippen molar-refractivity contribution in [2.24, 2.45) is 0 Å². The molecule has 0 amide bonds. The van der Waals surface area contributed by atoms with Crippen molar-refractivity contribution in [1.82, 2.24) is 9.21 Å². The first-order valence-corrected chi connectivity index (χ1v) is 12.5. The van der Waals surface area contributed by atoms with Crippen LogP contribution in [-0.4, -0.2) is 50.4 Å². The molecular formula is C26H28N2O3S. The summed E-state index contributed by atoms with van der Waals surface area (Å²) >= 11 is 0. The average molecular weight is 449 g/mol. The van der Waals surface area contributed by atoms with Gasteiger partial charge >= 0.3 is 0 Å². The third kappa shape index (κ3) is 4.06. The molecule has 3 aromatic carbocycles. The van der Waals surface area contributed by atoms with Gasteiger partial charge in [0, 0.05) is 32.2 Å². The fourth-order valence-corrected chi connectivity index (χ4v) is 6.30. The molecule has 0 aromatic heterocycles. The number of rotatable bonds is 5. The van der Waals surface area contributed by atoms with Crippen LogP contribution in [0.4, 0.5) is 0 Å². The van der Waals surface area contributed by atoms with Crippen LogP contribution in [-0.2, 0) is 23.0 Å². The summed E-state index contributed by atoms with van der Waals surface area (Å²) in [6.07, 6.45) is 1.91. The standard InChI is InChI=1S/C26H28N2O3S/c1-31-25-10-6-21(7-11-25)22-8-12-26(13-9-22)32(29,30)28-17-15-24(19-28)27-16-14-20-4-2-3-5-23(20)18-27/h2-13,24H,14-19H2,1H3. The van der Waals surface area contributed by atoms with E-state index in [-0.39, 0.29) is 6.04 Å². The summed E-state index contributed by atoms with van der Waals surface area (Å²) in [6.45, 7) is 3.04. The Hall–Kier alpha value is -2.67. The van der Waals surface area contributed by atoms with Crippen LogP contribution >= 0.6 is 0 Å². The number of sulfonamides is 1. The third-order valence-corrected chi connectivity index (χ3v) is 8.60. The Kier molecular flexibility index (Phi) is 5.76. The van der Waals surface area contributed by atoms with E-state index in [4.69, 9.17) is 4.74 Å². The molecule has 2 aliphatic heterocycles. The summed E-state index contributed by atoms with van der Waals surface area (Å²) in [7, 11) is -1.85. The highest BCUT2D eigenvalue weighted by Crippen LogP contribution is 2.29. The maximum absolute atomic E-state index is 13.3. The lowest BCUT2D eigenvalue weighted by molar-refractivity contribution is 0.185. The van der Waals surface area contributed by atoms with Crippen LogP contribution in [0.1, 0.15) is 17.5 Å². The Labute approximate surface area is 190 Å². The van der Waals surface area contributed by atoms with Gasteiger partial charge in [0.1, 0.15) is 5.75 Å². The summed E-state index contributed by atoms with van der Waals surface area (Å²) in [4.78, 5) is 2.81. The Morgan fingerprint density at radius 3 is 2.19 bits per heavy atom. The molecule has 2 heterocycles. The molecule has 0 saturated carbocycles. The quantitative estimate of drug-likeness (QED) is 0.588. The number of benzene rings is 3. The molecule has 3 aromatic rings. The highest BCUT2D eigenvalue weighted by atomic mass is 32.2. The van der Waals surface area contributed by atoms with Gasteiger partial charge in [0.05, 0.1) is 12.0 Å². The Balaban J connectivity index is 1.28. The van der Waals surface area contributed by atoms with Crippen LogP contribution in [0.3, 0.4) is 0 Å². The van der Waals surface area contributed by atoms with Crippen molar-refractivity contribution in [3.63, 3.8) is 0 Å². The molecule has 5 rings (SSSR count). The van der Waals surface area contributed by atoms with Gasteiger partial charge in [0.15, 0.2) is 0 Å². The van der Waals surface area contributed by atoms with E-state index in [1.54, 1.807) is 23.5 Å². The first-order valence-electron chi connectivity index (χ1n) is 11.1. The smallest absolute Gasteiger partial charge is 0.243 e. The second-order valence-corrected chi connectivity index (χ2v) is 10.5. The van der Waals surface area contributed by atoms with Gasteiger partial charge in [-0.15, -0.1) is 0 Å². The predicted octanol–water partition coefficient (Wildman–Crippen LogP) is 4.18. The fourth-order valence-electron chi connectivity index (χ4n) is 4.81. The molecule has 1 saturated heterocycles. The fraction of sp³-hybridized carbons (Fsp3) is 0.308. The second-order valence-electron chi connectivity index (χ2n) is 8.55. The Bertz CT molecular complexity index is 1190. The number of ether oxygens (including phenoxy) is 1. The van der Waals surface area contributed by atoms with Gasteiger partial charge in [-0.3, -0.25) is 4.90 Å². The molecule has 6 heteroatoms. The molecule has 0 N–H and O–H groups in total. The van der Waals surface area contributed by atoms with Gasteiger partial charge in [0.25, 0.3) is 0 Å². The molecule has 166 valence electrons. The van der Waals surface area contributed by atoms with Gasteiger partial charge in [-0.2, -0.15) is 4.31 Å². The monoisotopic (exact) mass is 448 g/mol. The van der Waals surface area contributed by atoms with Crippen molar-refractivity contribution >= 4 is 10.0 Å². The zero-order valence-electron chi connectivity index (χ0n) is 18.3. The predicted molar refractivity (Wildman–Crippen MR) is 126 cm³/mol. The molecule has 2 aliphatic rings. The zero-order chi connectivity index (χ0) is 22.1. The first kappa shape index (κ1) is 21.2. The summed E-state index contributed by atoms with van der Waals surface area (Å²) < 4.78 is 33.4. The van der Waals surface area contributed by atoms with Crippen molar-refractivity contribution in [2.45, 2.75) is 30.3 Å². The van der Waals surface area contributed by atoms with Crippen LogP contribution < -0.4 is 4.74 Å². The SMILES string of the molecule is COc1ccc(-c2ccc(S(=O)(=O)N3CCC(N4CCc5ccccc5C4)C3)cc2)cc1. The highest BCUT2D eigenvalue weighted by Gasteiger charge is 2.36. The van der Waals surface area contributed by atoms with Gasteiger partial charge < -0.3 is 4.74 Å². The molecule has 1 atom stereocenters. The lowest BCUT2D eigenvalue weighted by Crippen LogP contribution is -2.41. The van der Waals surface area contributed by atoms with Crippen molar-refractivity contribution in [2.75, 3.05) is 26.7 Å². The first-order chi connectivity index (χ1) is 15.5. The normalized spacial score (nSPS) is 19.6. The molecule has 1 fully saturated rings. The van der Waals surface area contributed by atoms with E-state index in [0.717, 1.165) is 42.8 Å².